The zero-order valence-electron chi connectivity index (χ0n) is 7.76. The van der Waals surface area contributed by atoms with Gasteiger partial charge < -0.3 is 0 Å². The molecular formula is C10H20N2. The van der Waals surface area contributed by atoms with Crippen LogP contribution in [0.3, 0.4) is 0 Å². The Morgan fingerprint density at radius 2 is 1.83 bits per heavy atom. The predicted molar refractivity (Wildman–Crippen MR) is 50.4 cm³/mol. The van der Waals surface area contributed by atoms with Crippen LogP contribution in [0.5, 0.6) is 0 Å². The third-order valence-electron chi connectivity index (χ3n) is 3.47. The summed E-state index contributed by atoms with van der Waals surface area (Å²) in [6.45, 7) is 0. The van der Waals surface area contributed by atoms with Gasteiger partial charge in [0.1, 0.15) is 0 Å². The SMILES string of the molecule is NNC(CC1CCCC1)C1CC1. The quantitative estimate of drug-likeness (QED) is 0.496. The van der Waals surface area contributed by atoms with E-state index < -0.39 is 0 Å². The maximum absolute atomic E-state index is 5.54. The van der Waals surface area contributed by atoms with E-state index in [9.17, 15) is 0 Å². The molecule has 0 spiro atoms. The van der Waals surface area contributed by atoms with Crippen molar-refractivity contribution in [3.05, 3.63) is 0 Å². The maximum atomic E-state index is 5.54. The van der Waals surface area contributed by atoms with Gasteiger partial charge in [0.25, 0.3) is 0 Å². The van der Waals surface area contributed by atoms with Crippen molar-refractivity contribution >= 4 is 0 Å². The molecular weight excluding hydrogens is 148 g/mol. The molecule has 0 aromatic rings. The van der Waals surface area contributed by atoms with Crippen LogP contribution in [-0.2, 0) is 0 Å². The van der Waals surface area contributed by atoms with Gasteiger partial charge in [-0.05, 0) is 31.1 Å². The van der Waals surface area contributed by atoms with Gasteiger partial charge in [-0.15, -0.1) is 0 Å². The Balaban J connectivity index is 1.74. The molecule has 2 fully saturated rings. The minimum absolute atomic E-state index is 0.632. The number of nitrogens with two attached hydrogens (primary N) is 1. The molecule has 2 saturated carbocycles. The van der Waals surface area contributed by atoms with Crippen LogP contribution in [0.2, 0.25) is 0 Å². The Hall–Kier alpha value is -0.0800. The molecule has 2 rings (SSSR count). The van der Waals surface area contributed by atoms with Crippen LogP contribution in [0.25, 0.3) is 0 Å². The van der Waals surface area contributed by atoms with E-state index in [0.29, 0.717) is 6.04 Å². The molecule has 1 atom stereocenters. The summed E-state index contributed by atoms with van der Waals surface area (Å²) in [6.07, 6.45) is 9.94. The summed E-state index contributed by atoms with van der Waals surface area (Å²) in [5.41, 5.74) is 2.99. The predicted octanol–water partition coefficient (Wildman–Crippen LogP) is 1.81. The second kappa shape index (κ2) is 3.75. The van der Waals surface area contributed by atoms with E-state index in [2.05, 4.69) is 5.43 Å². The highest BCUT2D eigenvalue weighted by Gasteiger charge is 2.32. The van der Waals surface area contributed by atoms with Gasteiger partial charge >= 0.3 is 0 Å². The molecule has 2 aliphatic carbocycles. The number of hydrogen-bond acceptors (Lipinski definition) is 2. The summed E-state index contributed by atoms with van der Waals surface area (Å²) in [5, 5.41) is 0. The van der Waals surface area contributed by atoms with Gasteiger partial charge in [0.15, 0.2) is 0 Å². The molecule has 3 N–H and O–H groups in total. The van der Waals surface area contributed by atoms with Crippen molar-refractivity contribution in [1.82, 2.24) is 5.43 Å². The van der Waals surface area contributed by atoms with Crippen molar-refractivity contribution in [1.29, 1.82) is 0 Å². The van der Waals surface area contributed by atoms with Gasteiger partial charge in [-0.2, -0.15) is 0 Å². The minimum atomic E-state index is 0.632. The standard InChI is InChI=1S/C10H20N2/c11-12-10(9-5-6-9)7-8-3-1-2-4-8/h8-10,12H,1-7,11H2. The van der Waals surface area contributed by atoms with Crippen LogP contribution in [0.1, 0.15) is 44.9 Å². The van der Waals surface area contributed by atoms with Gasteiger partial charge in [-0.1, -0.05) is 25.7 Å². The minimum Gasteiger partial charge on any atom is -0.271 e. The fourth-order valence-electron chi connectivity index (χ4n) is 2.50. The molecule has 0 radical (unpaired) electrons. The lowest BCUT2D eigenvalue weighted by atomic mass is 9.96. The highest BCUT2D eigenvalue weighted by Crippen LogP contribution is 2.38. The molecule has 0 bridgehead atoms. The second-order valence-electron chi connectivity index (χ2n) is 4.50. The molecule has 0 aliphatic heterocycles. The third-order valence-corrected chi connectivity index (χ3v) is 3.47. The highest BCUT2D eigenvalue weighted by molar-refractivity contribution is 4.87. The molecule has 0 heterocycles. The van der Waals surface area contributed by atoms with E-state index in [1.807, 2.05) is 0 Å². The summed E-state index contributed by atoms with van der Waals surface area (Å²) >= 11 is 0. The van der Waals surface area contributed by atoms with Crippen LogP contribution in [0.4, 0.5) is 0 Å². The number of hydrogen-bond donors (Lipinski definition) is 2. The van der Waals surface area contributed by atoms with E-state index in [-0.39, 0.29) is 0 Å². The van der Waals surface area contributed by atoms with E-state index in [1.54, 1.807) is 0 Å². The third kappa shape index (κ3) is 1.99. The van der Waals surface area contributed by atoms with Crippen LogP contribution in [0.15, 0.2) is 0 Å². The Labute approximate surface area is 74.9 Å². The molecule has 2 nitrogen and oxygen atoms in total. The molecule has 0 aromatic heterocycles. The van der Waals surface area contributed by atoms with Crippen LogP contribution in [-0.4, -0.2) is 6.04 Å². The molecule has 12 heavy (non-hydrogen) atoms. The number of nitrogens with one attached hydrogen (secondary N) is 1. The Morgan fingerprint density at radius 1 is 1.17 bits per heavy atom. The molecule has 2 aliphatic rings. The first kappa shape index (κ1) is 8.52. The first-order chi connectivity index (χ1) is 5.90. The second-order valence-corrected chi connectivity index (χ2v) is 4.50. The van der Waals surface area contributed by atoms with Crippen molar-refractivity contribution in [2.75, 3.05) is 0 Å². The lowest BCUT2D eigenvalue weighted by molar-refractivity contribution is 0.362. The molecule has 0 saturated heterocycles. The van der Waals surface area contributed by atoms with E-state index in [0.717, 1.165) is 11.8 Å². The molecule has 1 unspecified atom stereocenters. The highest BCUT2D eigenvalue weighted by atomic mass is 15.2. The monoisotopic (exact) mass is 168 g/mol. The first-order valence-electron chi connectivity index (χ1n) is 5.36. The summed E-state index contributed by atoms with van der Waals surface area (Å²) in [6, 6.07) is 0.632. The van der Waals surface area contributed by atoms with E-state index in [4.69, 9.17) is 5.84 Å². The van der Waals surface area contributed by atoms with Crippen molar-refractivity contribution in [2.24, 2.45) is 17.7 Å². The van der Waals surface area contributed by atoms with Gasteiger partial charge in [0.2, 0.25) is 0 Å². The smallest absolute Gasteiger partial charge is 0.0241 e. The van der Waals surface area contributed by atoms with Crippen LogP contribution >= 0.6 is 0 Å². The maximum Gasteiger partial charge on any atom is 0.0241 e. The molecule has 70 valence electrons. The number of rotatable bonds is 4. The van der Waals surface area contributed by atoms with Crippen LogP contribution < -0.4 is 11.3 Å². The zero-order chi connectivity index (χ0) is 8.39. The molecule has 2 heteroatoms. The largest absolute Gasteiger partial charge is 0.271 e. The lowest BCUT2D eigenvalue weighted by Crippen LogP contribution is -2.38. The Kier molecular flexibility index (Phi) is 2.66. The van der Waals surface area contributed by atoms with Gasteiger partial charge in [0, 0.05) is 6.04 Å². The normalized spacial score (nSPS) is 27.8. The molecule has 0 amide bonds. The van der Waals surface area contributed by atoms with Gasteiger partial charge in [-0.25, -0.2) is 0 Å². The van der Waals surface area contributed by atoms with Crippen molar-refractivity contribution in [2.45, 2.75) is 51.0 Å². The summed E-state index contributed by atoms with van der Waals surface area (Å²) in [4.78, 5) is 0. The van der Waals surface area contributed by atoms with Crippen molar-refractivity contribution in [3.63, 3.8) is 0 Å². The summed E-state index contributed by atoms with van der Waals surface area (Å²) < 4.78 is 0. The van der Waals surface area contributed by atoms with E-state index >= 15 is 0 Å². The fourth-order valence-corrected chi connectivity index (χ4v) is 2.50. The summed E-state index contributed by atoms with van der Waals surface area (Å²) in [5.74, 6) is 7.43. The fraction of sp³-hybridized carbons (Fsp3) is 1.00. The van der Waals surface area contributed by atoms with Gasteiger partial charge in [-0.3, -0.25) is 11.3 Å². The Bertz CT molecular complexity index is 137. The first-order valence-corrected chi connectivity index (χ1v) is 5.36. The van der Waals surface area contributed by atoms with Crippen molar-refractivity contribution in [3.8, 4) is 0 Å². The average molecular weight is 168 g/mol. The average Bonchev–Trinajstić information content (AvgIpc) is 2.80. The Morgan fingerprint density at radius 3 is 2.33 bits per heavy atom. The number of hydrazine groups is 1. The zero-order valence-corrected chi connectivity index (χ0v) is 7.76. The lowest BCUT2D eigenvalue weighted by Gasteiger charge is -2.18. The van der Waals surface area contributed by atoms with Crippen LogP contribution in [0, 0.1) is 11.8 Å². The van der Waals surface area contributed by atoms with Gasteiger partial charge in [0.05, 0.1) is 0 Å². The van der Waals surface area contributed by atoms with E-state index in [1.165, 1.54) is 44.9 Å². The topological polar surface area (TPSA) is 38.0 Å². The molecule has 0 aromatic carbocycles. The summed E-state index contributed by atoms with van der Waals surface area (Å²) in [7, 11) is 0. The van der Waals surface area contributed by atoms with Crippen molar-refractivity contribution < 1.29 is 0 Å².